The second kappa shape index (κ2) is 8.75. The Morgan fingerprint density at radius 3 is 2.62 bits per heavy atom. The molecule has 2 rings (SSSR count). The Hall–Kier alpha value is -3.22. The van der Waals surface area contributed by atoms with Gasteiger partial charge in [-0.25, -0.2) is 0 Å². The Balaban J connectivity index is 2.43. The Kier molecular flexibility index (Phi) is 6.43. The highest BCUT2D eigenvalue weighted by Crippen LogP contribution is 2.23. The average molecular weight is 357 g/mol. The van der Waals surface area contributed by atoms with E-state index < -0.39 is 29.7 Å². The van der Waals surface area contributed by atoms with Crippen molar-refractivity contribution in [1.29, 1.82) is 0 Å². The van der Waals surface area contributed by atoms with Gasteiger partial charge in [0, 0.05) is 17.3 Å². The van der Waals surface area contributed by atoms with Crippen LogP contribution in [0.2, 0.25) is 0 Å². The number of ketones is 1. The summed E-state index contributed by atoms with van der Waals surface area (Å²) in [4.78, 5) is 40.8. The highest BCUT2D eigenvalue weighted by molar-refractivity contribution is 6.35. The maximum atomic E-state index is 12.9. The first-order valence-corrected chi connectivity index (χ1v) is 8.06. The van der Waals surface area contributed by atoms with Crippen molar-refractivity contribution in [2.24, 2.45) is 5.92 Å². The average Bonchev–Trinajstić information content (AvgIpc) is 3.13. The standard InChI is InChI=1S/C19H19NO6/c1-3-12(2)26-19(24)16(18(22)23)17(21)14(10-13-7-9-25-11-13)15-6-4-5-8-20-15/h4-12,16H,3H2,1-2H3,(H,22,23). The molecule has 0 bridgehead atoms. The van der Waals surface area contributed by atoms with Crippen molar-refractivity contribution in [2.75, 3.05) is 0 Å². The van der Waals surface area contributed by atoms with E-state index in [-0.39, 0.29) is 11.3 Å². The van der Waals surface area contributed by atoms with E-state index in [0.717, 1.165) is 0 Å². The van der Waals surface area contributed by atoms with Gasteiger partial charge in [-0.3, -0.25) is 19.4 Å². The van der Waals surface area contributed by atoms with Gasteiger partial charge in [-0.15, -0.1) is 0 Å². The monoisotopic (exact) mass is 357 g/mol. The maximum absolute atomic E-state index is 12.9. The van der Waals surface area contributed by atoms with E-state index in [4.69, 9.17) is 9.15 Å². The van der Waals surface area contributed by atoms with Crippen LogP contribution in [0, 0.1) is 5.92 Å². The fraction of sp³-hybridized carbons (Fsp3) is 0.263. The molecule has 0 aliphatic heterocycles. The van der Waals surface area contributed by atoms with Gasteiger partial charge >= 0.3 is 11.9 Å². The molecule has 2 atom stereocenters. The number of hydrogen-bond donors (Lipinski definition) is 1. The van der Waals surface area contributed by atoms with Crippen LogP contribution in [-0.2, 0) is 19.1 Å². The number of Topliss-reactive ketones (excluding diaryl/α,β-unsaturated/α-hetero) is 1. The summed E-state index contributed by atoms with van der Waals surface area (Å²) in [5.74, 6) is -5.53. The third-order valence-corrected chi connectivity index (χ3v) is 3.70. The molecule has 0 spiro atoms. The number of nitrogens with zero attached hydrogens (tertiary/aromatic N) is 1. The lowest BCUT2D eigenvalue weighted by Crippen LogP contribution is -2.35. The number of aromatic nitrogens is 1. The zero-order valence-electron chi connectivity index (χ0n) is 14.4. The molecule has 0 aliphatic rings. The van der Waals surface area contributed by atoms with Crippen molar-refractivity contribution in [2.45, 2.75) is 26.4 Å². The van der Waals surface area contributed by atoms with Crippen molar-refractivity contribution >= 4 is 29.4 Å². The van der Waals surface area contributed by atoms with Crippen molar-refractivity contribution < 1.29 is 28.6 Å². The molecule has 0 fully saturated rings. The number of allylic oxidation sites excluding steroid dienone is 1. The molecule has 2 aromatic rings. The van der Waals surface area contributed by atoms with Crippen LogP contribution in [0.5, 0.6) is 0 Å². The van der Waals surface area contributed by atoms with Crippen molar-refractivity contribution in [3.8, 4) is 0 Å². The predicted octanol–water partition coefficient (Wildman–Crippen LogP) is 2.83. The quantitative estimate of drug-likeness (QED) is 0.440. The Bertz CT molecular complexity index is 795. The number of pyridine rings is 1. The first-order chi connectivity index (χ1) is 12.4. The minimum absolute atomic E-state index is 0.0134. The largest absolute Gasteiger partial charge is 0.480 e. The van der Waals surface area contributed by atoms with Gasteiger partial charge in [0.2, 0.25) is 5.92 Å². The first kappa shape index (κ1) is 19.1. The fourth-order valence-corrected chi connectivity index (χ4v) is 2.14. The fourth-order valence-electron chi connectivity index (χ4n) is 2.14. The number of rotatable bonds is 8. The summed E-state index contributed by atoms with van der Waals surface area (Å²) in [6.07, 6.45) is 5.72. The second-order valence-electron chi connectivity index (χ2n) is 5.62. The first-order valence-electron chi connectivity index (χ1n) is 8.06. The van der Waals surface area contributed by atoms with Crippen LogP contribution in [0.3, 0.4) is 0 Å². The number of carboxylic acid groups (broad SMARTS) is 1. The van der Waals surface area contributed by atoms with Crippen LogP contribution in [0.15, 0.2) is 47.4 Å². The van der Waals surface area contributed by atoms with Crippen LogP contribution < -0.4 is 0 Å². The van der Waals surface area contributed by atoms with E-state index in [1.807, 2.05) is 0 Å². The summed E-state index contributed by atoms with van der Waals surface area (Å²) < 4.78 is 10.0. The van der Waals surface area contributed by atoms with Gasteiger partial charge in [0.25, 0.3) is 0 Å². The number of esters is 1. The molecule has 0 saturated carbocycles. The minimum Gasteiger partial charge on any atom is -0.480 e. The summed E-state index contributed by atoms with van der Waals surface area (Å²) in [6.45, 7) is 3.41. The van der Waals surface area contributed by atoms with Gasteiger partial charge in [-0.2, -0.15) is 0 Å². The van der Waals surface area contributed by atoms with E-state index in [2.05, 4.69) is 4.98 Å². The van der Waals surface area contributed by atoms with Gasteiger partial charge < -0.3 is 14.3 Å². The minimum atomic E-state index is -1.97. The van der Waals surface area contributed by atoms with Crippen molar-refractivity contribution in [1.82, 2.24) is 4.98 Å². The highest BCUT2D eigenvalue weighted by Gasteiger charge is 2.38. The topological polar surface area (TPSA) is 107 Å². The number of furan rings is 1. The van der Waals surface area contributed by atoms with Gasteiger partial charge in [0.15, 0.2) is 5.78 Å². The number of carbonyl (C=O) groups is 3. The van der Waals surface area contributed by atoms with Gasteiger partial charge in [0.1, 0.15) is 0 Å². The zero-order chi connectivity index (χ0) is 19.1. The smallest absolute Gasteiger partial charge is 0.328 e. The van der Waals surface area contributed by atoms with Crippen LogP contribution in [0.4, 0.5) is 0 Å². The van der Waals surface area contributed by atoms with Gasteiger partial charge in [-0.05, 0) is 37.6 Å². The summed E-state index contributed by atoms with van der Waals surface area (Å²) in [6, 6.07) is 6.48. The highest BCUT2D eigenvalue weighted by atomic mass is 16.5. The molecule has 2 unspecified atom stereocenters. The second-order valence-corrected chi connectivity index (χ2v) is 5.62. The lowest BCUT2D eigenvalue weighted by atomic mass is 9.93. The van der Waals surface area contributed by atoms with Crippen molar-refractivity contribution in [3.05, 3.63) is 54.2 Å². The van der Waals surface area contributed by atoms with Crippen LogP contribution >= 0.6 is 0 Å². The predicted molar refractivity (Wildman–Crippen MR) is 92.8 cm³/mol. The van der Waals surface area contributed by atoms with E-state index in [9.17, 15) is 19.5 Å². The van der Waals surface area contributed by atoms with Crippen LogP contribution in [0.25, 0.3) is 11.6 Å². The number of carbonyl (C=O) groups excluding carboxylic acids is 2. The SMILES string of the molecule is CCC(C)OC(=O)C(C(=O)O)C(=O)C(=Cc1ccoc1)c1ccccn1. The summed E-state index contributed by atoms with van der Waals surface area (Å²) in [5.41, 5.74) is 0.778. The molecule has 0 amide bonds. The number of carboxylic acids is 1. The molecule has 7 heteroatoms. The molecular weight excluding hydrogens is 338 g/mol. The van der Waals surface area contributed by atoms with Crippen LogP contribution in [0.1, 0.15) is 31.5 Å². The molecule has 26 heavy (non-hydrogen) atoms. The normalized spacial score (nSPS) is 13.7. The molecule has 0 aliphatic carbocycles. The number of aliphatic carboxylic acids is 1. The molecule has 0 saturated heterocycles. The van der Waals surface area contributed by atoms with E-state index in [0.29, 0.717) is 12.0 Å². The Morgan fingerprint density at radius 2 is 2.08 bits per heavy atom. The molecule has 7 nitrogen and oxygen atoms in total. The molecule has 2 aromatic heterocycles. The lowest BCUT2D eigenvalue weighted by molar-refractivity contribution is -0.163. The summed E-state index contributed by atoms with van der Waals surface area (Å²) >= 11 is 0. The van der Waals surface area contributed by atoms with E-state index in [1.165, 1.54) is 24.8 Å². The third-order valence-electron chi connectivity index (χ3n) is 3.70. The zero-order valence-corrected chi connectivity index (χ0v) is 14.4. The third kappa shape index (κ3) is 4.66. The van der Waals surface area contributed by atoms with Gasteiger partial charge in [-0.1, -0.05) is 13.0 Å². The van der Waals surface area contributed by atoms with E-state index in [1.54, 1.807) is 38.1 Å². The molecule has 136 valence electrons. The Labute approximate surface area is 150 Å². The molecule has 0 radical (unpaired) electrons. The maximum Gasteiger partial charge on any atom is 0.328 e. The summed E-state index contributed by atoms with van der Waals surface area (Å²) in [7, 11) is 0. The van der Waals surface area contributed by atoms with Crippen LogP contribution in [-0.4, -0.2) is 33.9 Å². The lowest BCUT2D eigenvalue weighted by Gasteiger charge is -2.16. The molecular formula is C19H19NO6. The molecule has 2 heterocycles. The number of ether oxygens (including phenoxy) is 1. The summed E-state index contributed by atoms with van der Waals surface area (Å²) in [5, 5.41) is 9.43. The molecule has 0 aromatic carbocycles. The van der Waals surface area contributed by atoms with Gasteiger partial charge in [0.05, 0.1) is 24.3 Å². The number of hydrogen-bond acceptors (Lipinski definition) is 6. The Morgan fingerprint density at radius 1 is 1.31 bits per heavy atom. The van der Waals surface area contributed by atoms with E-state index >= 15 is 0 Å². The molecule has 1 N–H and O–H groups in total. The van der Waals surface area contributed by atoms with Crippen molar-refractivity contribution in [3.63, 3.8) is 0 Å².